The topological polar surface area (TPSA) is 46.9 Å². The molecule has 0 aromatic carbocycles. The molecule has 17 heavy (non-hydrogen) atoms. The van der Waals surface area contributed by atoms with Gasteiger partial charge in [0, 0.05) is 24.2 Å². The zero-order valence-corrected chi connectivity index (χ0v) is 11.4. The first-order valence-electron chi connectivity index (χ1n) is 6.30. The number of nitrogens with one attached hydrogen (secondary N) is 1. The van der Waals surface area contributed by atoms with Crippen LogP contribution in [0.4, 0.5) is 0 Å². The van der Waals surface area contributed by atoms with Gasteiger partial charge in [-0.1, -0.05) is 13.8 Å². The molecule has 4 heteroatoms. The molecule has 0 aliphatic carbocycles. The molecule has 0 spiro atoms. The summed E-state index contributed by atoms with van der Waals surface area (Å²) >= 11 is 0. The SMILES string of the molecule is CCC(CC)C(=O)NC(C)c1cnn(C)c1C. The number of carbonyl (C=O) groups excluding carboxylic acids is 1. The van der Waals surface area contributed by atoms with E-state index in [2.05, 4.69) is 10.4 Å². The van der Waals surface area contributed by atoms with Gasteiger partial charge < -0.3 is 5.32 Å². The van der Waals surface area contributed by atoms with E-state index < -0.39 is 0 Å². The Morgan fingerprint density at radius 3 is 2.47 bits per heavy atom. The van der Waals surface area contributed by atoms with Crippen LogP contribution in [0.5, 0.6) is 0 Å². The maximum Gasteiger partial charge on any atom is 0.223 e. The Morgan fingerprint density at radius 2 is 2.06 bits per heavy atom. The standard InChI is InChI=1S/C13H23N3O/c1-6-11(7-2)13(17)15-9(3)12-8-14-16(5)10(12)4/h8-9,11H,6-7H2,1-5H3,(H,15,17). The Kier molecular flexibility index (Phi) is 4.73. The highest BCUT2D eigenvalue weighted by atomic mass is 16.1. The van der Waals surface area contributed by atoms with Crippen molar-refractivity contribution in [3.8, 4) is 0 Å². The highest BCUT2D eigenvalue weighted by molar-refractivity contribution is 5.79. The van der Waals surface area contributed by atoms with Crippen LogP contribution in [0.15, 0.2) is 6.20 Å². The Labute approximate surface area is 103 Å². The van der Waals surface area contributed by atoms with Gasteiger partial charge in [0.25, 0.3) is 0 Å². The average Bonchev–Trinajstić information content (AvgIpc) is 2.61. The maximum absolute atomic E-state index is 12.0. The van der Waals surface area contributed by atoms with Gasteiger partial charge in [-0.15, -0.1) is 0 Å². The van der Waals surface area contributed by atoms with Crippen molar-refractivity contribution in [2.24, 2.45) is 13.0 Å². The Balaban J connectivity index is 2.69. The molecular weight excluding hydrogens is 214 g/mol. The molecule has 1 atom stereocenters. The second-order valence-corrected chi connectivity index (χ2v) is 4.55. The first kappa shape index (κ1) is 13.7. The van der Waals surface area contributed by atoms with Crippen LogP contribution in [0.3, 0.4) is 0 Å². The quantitative estimate of drug-likeness (QED) is 0.854. The van der Waals surface area contributed by atoms with Gasteiger partial charge in [0.15, 0.2) is 0 Å². The van der Waals surface area contributed by atoms with Gasteiger partial charge in [0.05, 0.1) is 12.2 Å². The summed E-state index contributed by atoms with van der Waals surface area (Å²) in [6.45, 7) is 8.12. The largest absolute Gasteiger partial charge is 0.349 e. The second-order valence-electron chi connectivity index (χ2n) is 4.55. The third-order valence-corrected chi connectivity index (χ3v) is 3.45. The van der Waals surface area contributed by atoms with E-state index in [-0.39, 0.29) is 17.9 Å². The van der Waals surface area contributed by atoms with E-state index >= 15 is 0 Å². The van der Waals surface area contributed by atoms with Crippen LogP contribution in [0.2, 0.25) is 0 Å². The monoisotopic (exact) mass is 237 g/mol. The number of nitrogens with zero attached hydrogens (tertiary/aromatic N) is 2. The molecule has 1 aromatic rings. The minimum absolute atomic E-state index is 0.0248. The van der Waals surface area contributed by atoms with Gasteiger partial charge in [-0.2, -0.15) is 5.10 Å². The third-order valence-electron chi connectivity index (χ3n) is 3.45. The Hall–Kier alpha value is -1.32. The van der Waals surface area contributed by atoms with E-state index in [0.717, 1.165) is 24.1 Å². The van der Waals surface area contributed by atoms with E-state index in [1.807, 2.05) is 45.6 Å². The predicted octanol–water partition coefficient (Wildman–Crippen LogP) is 2.34. The van der Waals surface area contributed by atoms with Gasteiger partial charge in [0.2, 0.25) is 5.91 Å². The van der Waals surface area contributed by atoms with E-state index in [9.17, 15) is 4.79 Å². The summed E-state index contributed by atoms with van der Waals surface area (Å²) in [7, 11) is 1.91. The second kappa shape index (κ2) is 5.84. The molecule has 1 heterocycles. The van der Waals surface area contributed by atoms with Crippen molar-refractivity contribution in [2.45, 2.75) is 46.6 Å². The Morgan fingerprint density at radius 1 is 1.47 bits per heavy atom. The van der Waals surface area contributed by atoms with Gasteiger partial charge >= 0.3 is 0 Å². The molecule has 1 rings (SSSR count). The lowest BCUT2D eigenvalue weighted by molar-refractivity contribution is -0.125. The molecular formula is C13H23N3O. The molecule has 0 radical (unpaired) electrons. The summed E-state index contributed by atoms with van der Waals surface area (Å²) in [4.78, 5) is 12.0. The molecule has 1 amide bonds. The zero-order valence-electron chi connectivity index (χ0n) is 11.4. The van der Waals surface area contributed by atoms with E-state index in [4.69, 9.17) is 0 Å². The number of hydrogen-bond donors (Lipinski definition) is 1. The van der Waals surface area contributed by atoms with E-state index in [1.54, 1.807) is 0 Å². The highest BCUT2D eigenvalue weighted by Gasteiger charge is 2.19. The van der Waals surface area contributed by atoms with Gasteiger partial charge in [0.1, 0.15) is 0 Å². The maximum atomic E-state index is 12.0. The molecule has 0 saturated carbocycles. The van der Waals surface area contributed by atoms with Crippen molar-refractivity contribution < 1.29 is 4.79 Å². The van der Waals surface area contributed by atoms with Crippen LogP contribution in [-0.4, -0.2) is 15.7 Å². The molecule has 0 saturated heterocycles. The minimum Gasteiger partial charge on any atom is -0.349 e. The summed E-state index contributed by atoms with van der Waals surface area (Å²) in [5.41, 5.74) is 2.19. The number of hydrogen-bond acceptors (Lipinski definition) is 2. The van der Waals surface area contributed by atoms with Crippen molar-refractivity contribution in [3.63, 3.8) is 0 Å². The molecule has 1 aromatic heterocycles. The van der Waals surface area contributed by atoms with Crippen molar-refractivity contribution in [3.05, 3.63) is 17.5 Å². The number of carbonyl (C=O) groups is 1. The summed E-state index contributed by atoms with van der Waals surface area (Å²) in [6, 6.07) is 0.0248. The van der Waals surface area contributed by atoms with Crippen LogP contribution in [0.1, 0.15) is 50.9 Å². The summed E-state index contributed by atoms with van der Waals surface area (Å²) < 4.78 is 1.83. The van der Waals surface area contributed by atoms with Gasteiger partial charge in [-0.25, -0.2) is 0 Å². The lowest BCUT2D eigenvalue weighted by atomic mass is 10.0. The fourth-order valence-corrected chi connectivity index (χ4v) is 2.01. The summed E-state index contributed by atoms with van der Waals surface area (Å²) in [5.74, 6) is 0.264. The predicted molar refractivity (Wildman–Crippen MR) is 68.6 cm³/mol. The molecule has 1 N–H and O–H groups in total. The third kappa shape index (κ3) is 3.08. The molecule has 0 bridgehead atoms. The van der Waals surface area contributed by atoms with Gasteiger partial charge in [-0.3, -0.25) is 9.48 Å². The van der Waals surface area contributed by atoms with Crippen LogP contribution in [0.25, 0.3) is 0 Å². The molecule has 0 aliphatic heterocycles. The van der Waals surface area contributed by atoms with Crippen molar-refractivity contribution in [1.29, 1.82) is 0 Å². The number of amides is 1. The smallest absolute Gasteiger partial charge is 0.223 e. The minimum atomic E-state index is 0.0248. The van der Waals surface area contributed by atoms with Crippen molar-refractivity contribution in [1.82, 2.24) is 15.1 Å². The first-order valence-corrected chi connectivity index (χ1v) is 6.30. The van der Waals surface area contributed by atoms with E-state index in [1.165, 1.54) is 0 Å². The van der Waals surface area contributed by atoms with E-state index in [0.29, 0.717) is 0 Å². The fraction of sp³-hybridized carbons (Fsp3) is 0.692. The highest BCUT2D eigenvalue weighted by Crippen LogP contribution is 2.17. The molecule has 1 unspecified atom stereocenters. The van der Waals surface area contributed by atoms with Crippen LogP contribution >= 0.6 is 0 Å². The molecule has 0 fully saturated rings. The summed E-state index contributed by atoms with van der Waals surface area (Å²) in [5, 5.41) is 7.26. The normalized spacial score (nSPS) is 12.8. The first-order chi connectivity index (χ1) is 8.01. The fourth-order valence-electron chi connectivity index (χ4n) is 2.01. The van der Waals surface area contributed by atoms with Crippen molar-refractivity contribution >= 4 is 5.91 Å². The molecule has 0 aliphatic rings. The molecule has 96 valence electrons. The summed E-state index contributed by atoms with van der Waals surface area (Å²) in [6.07, 6.45) is 3.61. The average molecular weight is 237 g/mol. The number of aromatic nitrogens is 2. The van der Waals surface area contributed by atoms with Crippen LogP contribution in [0, 0.1) is 12.8 Å². The lowest BCUT2D eigenvalue weighted by Gasteiger charge is -2.18. The zero-order chi connectivity index (χ0) is 13.0. The number of aryl methyl sites for hydroxylation is 1. The Bertz CT molecular complexity index is 380. The van der Waals surface area contributed by atoms with Crippen molar-refractivity contribution in [2.75, 3.05) is 0 Å². The number of rotatable bonds is 5. The lowest BCUT2D eigenvalue weighted by Crippen LogP contribution is -2.32. The van der Waals surface area contributed by atoms with Crippen LogP contribution in [-0.2, 0) is 11.8 Å². The van der Waals surface area contributed by atoms with Crippen LogP contribution < -0.4 is 5.32 Å². The van der Waals surface area contributed by atoms with Gasteiger partial charge in [-0.05, 0) is 26.7 Å². The molecule has 4 nitrogen and oxygen atoms in total.